The van der Waals surface area contributed by atoms with Crippen molar-refractivity contribution in [1.29, 1.82) is 0 Å². The highest BCUT2D eigenvalue weighted by molar-refractivity contribution is 9.10. The van der Waals surface area contributed by atoms with Gasteiger partial charge in [-0.1, -0.05) is 15.9 Å². The van der Waals surface area contributed by atoms with Gasteiger partial charge in [-0.05, 0) is 50.6 Å². The number of halogens is 2. The number of nitrogens with one attached hydrogen (secondary N) is 1. The van der Waals surface area contributed by atoms with Crippen molar-refractivity contribution >= 4 is 15.9 Å². The Hall–Kier alpha value is -1.33. The fourth-order valence-corrected chi connectivity index (χ4v) is 2.85. The van der Waals surface area contributed by atoms with E-state index >= 15 is 0 Å². The molecule has 1 atom stereocenters. The summed E-state index contributed by atoms with van der Waals surface area (Å²) in [6.07, 6.45) is 2.16. The SMILES string of the molecule is Cc1cc(-c2cc(Br)ccc2F)nc(C2CCCN2)n1. The first-order valence-corrected chi connectivity index (χ1v) is 7.47. The molecule has 0 spiro atoms. The van der Waals surface area contributed by atoms with Gasteiger partial charge in [0.1, 0.15) is 11.6 Å². The molecular formula is C15H15BrFN3. The van der Waals surface area contributed by atoms with Crippen molar-refractivity contribution in [3.63, 3.8) is 0 Å². The van der Waals surface area contributed by atoms with E-state index in [4.69, 9.17) is 0 Å². The zero-order chi connectivity index (χ0) is 14.1. The lowest BCUT2D eigenvalue weighted by Crippen LogP contribution is -2.16. The second-order valence-electron chi connectivity index (χ2n) is 5.03. The number of benzene rings is 1. The topological polar surface area (TPSA) is 37.8 Å². The smallest absolute Gasteiger partial charge is 0.146 e. The summed E-state index contributed by atoms with van der Waals surface area (Å²) in [5, 5.41) is 3.38. The maximum atomic E-state index is 14.0. The Kier molecular flexibility index (Phi) is 3.81. The van der Waals surface area contributed by atoms with E-state index in [9.17, 15) is 4.39 Å². The van der Waals surface area contributed by atoms with Crippen LogP contribution in [0.5, 0.6) is 0 Å². The van der Waals surface area contributed by atoms with Crippen LogP contribution >= 0.6 is 15.9 Å². The van der Waals surface area contributed by atoms with Crippen LogP contribution in [0.15, 0.2) is 28.7 Å². The van der Waals surface area contributed by atoms with Crippen LogP contribution in [0.1, 0.15) is 30.4 Å². The third-order valence-electron chi connectivity index (χ3n) is 3.45. The molecule has 0 aliphatic carbocycles. The van der Waals surface area contributed by atoms with Crippen LogP contribution in [-0.2, 0) is 0 Å². The molecule has 0 amide bonds. The number of nitrogens with zero attached hydrogens (tertiary/aromatic N) is 2. The molecule has 1 aromatic carbocycles. The Morgan fingerprint density at radius 3 is 2.90 bits per heavy atom. The number of rotatable bonds is 2. The van der Waals surface area contributed by atoms with Crippen LogP contribution in [0.3, 0.4) is 0 Å². The van der Waals surface area contributed by atoms with Crippen LogP contribution < -0.4 is 5.32 Å². The third-order valence-corrected chi connectivity index (χ3v) is 3.94. The Balaban J connectivity index is 2.06. The normalized spacial score (nSPS) is 18.4. The van der Waals surface area contributed by atoms with Crippen molar-refractivity contribution in [2.24, 2.45) is 0 Å². The van der Waals surface area contributed by atoms with Gasteiger partial charge in [0.2, 0.25) is 0 Å². The molecule has 1 saturated heterocycles. The van der Waals surface area contributed by atoms with Gasteiger partial charge in [0.25, 0.3) is 0 Å². The molecule has 1 aliphatic rings. The Morgan fingerprint density at radius 1 is 1.30 bits per heavy atom. The van der Waals surface area contributed by atoms with Crippen molar-refractivity contribution in [3.05, 3.63) is 46.1 Å². The summed E-state index contributed by atoms with van der Waals surface area (Å²) in [5.74, 6) is 0.494. The maximum Gasteiger partial charge on any atom is 0.146 e. The fourth-order valence-electron chi connectivity index (χ4n) is 2.48. The highest BCUT2D eigenvalue weighted by Crippen LogP contribution is 2.27. The van der Waals surface area contributed by atoms with E-state index in [1.807, 2.05) is 13.0 Å². The number of aryl methyl sites for hydroxylation is 1. The monoisotopic (exact) mass is 335 g/mol. The molecule has 1 fully saturated rings. The number of hydrogen-bond donors (Lipinski definition) is 1. The van der Waals surface area contributed by atoms with Gasteiger partial charge < -0.3 is 5.32 Å². The van der Waals surface area contributed by atoms with Gasteiger partial charge in [-0.25, -0.2) is 14.4 Å². The van der Waals surface area contributed by atoms with E-state index < -0.39 is 0 Å². The van der Waals surface area contributed by atoms with Crippen molar-refractivity contribution in [3.8, 4) is 11.3 Å². The molecule has 2 heterocycles. The summed E-state index contributed by atoms with van der Waals surface area (Å²) in [6, 6.07) is 6.90. The van der Waals surface area contributed by atoms with Crippen molar-refractivity contribution in [2.45, 2.75) is 25.8 Å². The molecule has 0 radical (unpaired) electrons. The van der Waals surface area contributed by atoms with Crippen molar-refractivity contribution in [2.75, 3.05) is 6.54 Å². The molecule has 104 valence electrons. The lowest BCUT2D eigenvalue weighted by molar-refractivity contribution is 0.601. The van der Waals surface area contributed by atoms with E-state index in [0.29, 0.717) is 11.3 Å². The number of hydrogen-bond acceptors (Lipinski definition) is 3. The molecule has 1 aromatic heterocycles. The Labute approximate surface area is 125 Å². The van der Waals surface area contributed by atoms with Gasteiger partial charge in [0.05, 0.1) is 11.7 Å². The summed E-state index contributed by atoms with van der Waals surface area (Å²) >= 11 is 3.37. The van der Waals surface area contributed by atoms with Gasteiger partial charge in [-0.2, -0.15) is 0 Å². The predicted molar refractivity (Wildman–Crippen MR) is 79.8 cm³/mol. The lowest BCUT2D eigenvalue weighted by atomic mass is 10.1. The second kappa shape index (κ2) is 5.58. The van der Waals surface area contributed by atoms with E-state index in [-0.39, 0.29) is 11.9 Å². The molecular weight excluding hydrogens is 321 g/mol. The molecule has 1 unspecified atom stereocenters. The summed E-state index contributed by atoms with van der Waals surface area (Å²) < 4.78 is 14.8. The van der Waals surface area contributed by atoms with Gasteiger partial charge in [-0.15, -0.1) is 0 Å². The van der Waals surface area contributed by atoms with Crippen molar-refractivity contribution < 1.29 is 4.39 Å². The molecule has 2 aromatic rings. The average Bonchev–Trinajstić information content (AvgIpc) is 2.95. The molecule has 20 heavy (non-hydrogen) atoms. The Bertz CT molecular complexity index is 639. The first-order chi connectivity index (χ1) is 9.63. The van der Waals surface area contributed by atoms with Gasteiger partial charge >= 0.3 is 0 Å². The van der Waals surface area contributed by atoms with Crippen LogP contribution in [0, 0.1) is 12.7 Å². The Morgan fingerprint density at radius 2 is 2.15 bits per heavy atom. The van der Waals surface area contributed by atoms with E-state index in [1.165, 1.54) is 6.07 Å². The molecule has 1 aliphatic heterocycles. The summed E-state index contributed by atoms with van der Waals surface area (Å²) in [6.45, 7) is 2.90. The standard InChI is InChI=1S/C15H15BrFN3/c1-9-7-14(11-8-10(16)4-5-12(11)17)20-15(19-9)13-3-2-6-18-13/h4-5,7-8,13,18H,2-3,6H2,1H3. The minimum atomic E-state index is -0.267. The predicted octanol–water partition coefficient (Wildman–Crippen LogP) is 3.78. The zero-order valence-corrected chi connectivity index (χ0v) is 12.7. The van der Waals surface area contributed by atoms with Crippen LogP contribution in [0.25, 0.3) is 11.3 Å². The largest absolute Gasteiger partial charge is 0.307 e. The van der Waals surface area contributed by atoms with Gasteiger partial charge in [0, 0.05) is 15.7 Å². The zero-order valence-electron chi connectivity index (χ0n) is 11.2. The minimum Gasteiger partial charge on any atom is -0.307 e. The lowest BCUT2D eigenvalue weighted by Gasteiger charge is -2.12. The van der Waals surface area contributed by atoms with Crippen LogP contribution in [0.2, 0.25) is 0 Å². The van der Waals surface area contributed by atoms with E-state index in [2.05, 4.69) is 31.2 Å². The molecule has 0 bridgehead atoms. The summed E-state index contributed by atoms with van der Waals surface area (Å²) in [7, 11) is 0. The molecule has 5 heteroatoms. The molecule has 3 nitrogen and oxygen atoms in total. The van der Waals surface area contributed by atoms with E-state index in [0.717, 1.165) is 35.4 Å². The third kappa shape index (κ3) is 2.74. The molecule has 0 saturated carbocycles. The van der Waals surface area contributed by atoms with E-state index in [1.54, 1.807) is 12.1 Å². The maximum absolute atomic E-state index is 14.0. The summed E-state index contributed by atoms with van der Waals surface area (Å²) in [5.41, 5.74) is 2.00. The first-order valence-electron chi connectivity index (χ1n) is 6.68. The van der Waals surface area contributed by atoms with Crippen LogP contribution in [-0.4, -0.2) is 16.5 Å². The summed E-state index contributed by atoms with van der Waals surface area (Å²) in [4.78, 5) is 9.04. The molecule has 1 N–H and O–H groups in total. The fraction of sp³-hybridized carbons (Fsp3) is 0.333. The quantitative estimate of drug-likeness (QED) is 0.907. The highest BCUT2D eigenvalue weighted by Gasteiger charge is 2.20. The first kappa shape index (κ1) is 13.6. The average molecular weight is 336 g/mol. The molecule has 3 rings (SSSR count). The van der Waals surface area contributed by atoms with Gasteiger partial charge in [0.15, 0.2) is 0 Å². The van der Waals surface area contributed by atoms with Gasteiger partial charge in [-0.3, -0.25) is 0 Å². The second-order valence-corrected chi connectivity index (χ2v) is 5.94. The minimum absolute atomic E-state index is 0.184. The van der Waals surface area contributed by atoms with Crippen molar-refractivity contribution in [1.82, 2.24) is 15.3 Å². The van der Waals surface area contributed by atoms with Crippen LogP contribution in [0.4, 0.5) is 4.39 Å². The highest BCUT2D eigenvalue weighted by atomic mass is 79.9. The number of aromatic nitrogens is 2.